The number of carboxylic acids is 1. The van der Waals surface area contributed by atoms with Crippen LogP contribution in [0.1, 0.15) is 26.2 Å². The molecule has 1 aromatic carbocycles. The van der Waals surface area contributed by atoms with E-state index in [9.17, 15) is 13.2 Å². The molecule has 0 amide bonds. The van der Waals surface area contributed by atoms with Crippen molar-refractivity contribution in [1.82, 2.24) is 4.72 Å². The van der Waals surface area contributed by atoms with E-state index in [4.69, 9.17) is 5.11 Å². The molecular weight excluding hydrogens is 280 g/mol. The van der Waals surface area contributed by atoms with Gasteiger partial charge in [-0.1, -0.05) is 12.1 Å². The Hall–Kier alpha value is -1.60. The van der Waals surface area contributed by atoms with Crippen molar-refractivity contribution in [3.05, 3.63) is 24.3 Å². The highest BCUT2D eigenvalue weighted by Gasteiger charge is 2.17. The third-order valence-electron chi connectivity index (χ3n) is 2.87. The standard InChI is InChI=1S/C13H20N2O4S/c1-10(6-5-9-13(16)17)15-11-7-3-4-8-12(11)20(18,19)14-2/h3-4,7-8,10,14-15H,5-6,9H2,1-2H3,(H,16,17). The van der Waals surface area contributed by atoms with Gasteiger partial charge >= 0.3 is 5.97 Å². The molecule has 0 radical (unpaired) electrons. The first-order valence-corrected chi connectivity index (χ1v) is 7.86. The smallest absolute Gasteiger partial charge is 0.303 e. The molecule has 0 saturated carbocycles. The second-order valence-electron chi connectivity index (χ2n) is 4.54. The molecule has 1 rings (SSSR count). The number of carbonyl (C=O) groups is 1. The molecule has 1 aromatic rings. The minimum Gasteiger partial charge on any atom is -0.481 e. The number of para-hydroxylation sites is 1. The molecule has 20 heavy (non-hydrogen) atoms. The number of anilines is 1. The first-order chi connectivity index (χ1) is 9.36. The van der Waals surface area contributed by atoms with Crippen molar-refractivity contribution >= 4 is 21.7 Å². The van der Waals surface area contributed by atoms with Gasteiger partial charge in [0.1, 0.15) is 4.90 Å². The third kappa shape index (κ3) is 4.82. The summed E-state index contributed by atoms with van der Waals surface area (Å²) in [5, 5.41) is 11.7. The summed E-state index contributed by atoms with van der Waals surface area (Å²) in [6, 6.07) is 6.62. The summed E-state index contributed by atoms with van der Waals surface area (Å²) in [5.74, 6) is -0.824. The summed E-state index contributed by atoms with van der Waals surface area (Å²) < 4.78 is 26.0. The van der Waals surface area contributed by atoms with Crippen molar-refractivity contribution in [3.8, 4) is 0 Å². The van der Waals surface area contributed by atoms with Gasteiger partial charge in [0.25, 0.3) is 0 Å². The first-order valence-electron chi connectivity index (χ1n) is 6.37. The molecule has 0 fully saturated rings. The zero-order valence-electron chi connectivity index (χ0n) is 11.6. The molecular formula is C13H20N2O4S. The molecule has 7 heteroatoms. The monoisotopic (exact) mass is 300 g/mol. The predicted molar refractivity (Wildman–Crippen MR) is 77.3 cm³/mol. The predicted octanol–water partition coefficient (Wildman–Crippen LogP) is 1.65. The van der Waals surface area contributed by atoms with E-state index in [1.165, 1.54) is 13.1 Å². The largest absolute Gasteiger partial charge is 0.481 e. The molecule has 0 aliphatic rings. The van der Waals surface area contributed by atoms with Gasteiger partial charge in [-0.2, -0.15) is 0 Å². The lowest BCUT2D eigenvalue weighted by molar-refractivity contribution is -0.137. The van der Waals surface area contributed by atoms with E-state index >= 15 is 0 Å². The zero-order chi connectivity index (χ0) is 15.2. The fourth-order valence-corrected chi connectivity index (χ4v) is 2.72. The van der Waals surface area contributed by atoms with Crippen LogP contribution >= 0.6 is 0 Å². The van der Waals surface area contributed by atoms with Crippen LogP contribution in [0.25, 0.3) is 0 Å². The van der Waals surface area contributed by atoms with Crippen molar-refractivity contribution < 1.29 is 18.3 Å². The Balaban J connectivity index is 2.75. The van der Waals surface area contributed by atoms with Gasteiger partial charge in [-0.15, -0.1) is 0 Å². The fourth-order valence-electron chi connectivity index (χ4n) is 1.83. The minimum atomic E-state index is -3.52. The van der Waals surface area contributed by atoms with Gasteiger partial charge in [0.05, 0.1) is 5.69 Å². The molecule has 3 N–H and O–H groups in total. The molecule has 0 saturated heterocycles. The molecule has 0 heterocycles. The molecule has 0 spiro atoms. The SMILES string of the molecule is CNS(=O)(=O)c1ccccc1NC(C)CCCC(=O)O. The Labute approximate surface area is 119 Å². The van der Waals surface area contributed by atoms with Gasteiger partial charge in [0, 0.05) is 12.5 Å². The van der Waals surface area contributed by atoms with E-state index in [0.717, 1.165) is 0 Å². The first kappa shape index (κ1) is 16.5. The number of nitrogens with one attached hydrogen (secondary N) is 2. The van der Waals surface area contributed by atoms with Gasteiger partial charge in [-0.25, -0.2) is 13.1 Å². The minimum absolute atomic E-state index is 0.0115. The number of hydrogen-bond acceptors (Lipinski definition) is 4. The molecule has 0 aliphatic carbocycles. The maximum atomic E-state index is 11.9. The lowest BCUT2D eigenvalue weighted by Crippen LogP contribution is -2.22. The molecule has 0 aliphatic heterocycles. The Morgan fingerprint density at radius 1 is 1.35 bits per heavy atom. The molecule has 0 aromatic heterocycles. The van der Waals surface area contributed by atoms with E-state index < -0.39 is 16.0 Å². The van der Waals surface area contributed by atoms with Gasteiger partial charge in [-0.05, 0) is 38.9 Å². The Morgan fingerprint density at radius 3 is 2.60 bits per heavy atom. The fraction of sp³-hybridized carbons (Fsp3) is 0.462. The van der Waals surface area contributed by atoms with Crippen LogP contribution in [-0.4, -0.2) is 32.6 Å². The average molecular weight is 300 g/mol. The number of aliphatic carboxylic acids is 1. The topological polar surface area (TPSA) is 95.5 Å². The van der Waals surface area contributed by atoms with Crippen LogP contribution in [0.4, 0.5) is 5.69 Å². The van der Waals surface area contributed by atoms with Crippen LogP contribution in [0.15, 0.2) is 29.2 Å². The van der Waals surface area contributed by atoms with Crippen LogP contribution in [0.2, 0.25) is 0 Å². The quantitative estimate of drug-likeness (QED) is 0.678. The third-order valence-corrected chi connectivity index (χ3v) is 4.35. The van der Waals surface area contributed by atoms with Crippen molar-refractivity contribution in [1.29, 1.82) is 0 Å². The van der Waals surface area contributed by atoms with Gasteiger partial charge < -0.3 is 10.4 Å². The van der Waals surface area contributed by atoms with Crippen LogP contribution in [0, 0.1) is 0 Å². The molecule has 112 valence electrons. The summed E-state index contributed by atoms with van der Waals surface area (Å²) in [5.41, 5.74) is 0.518. The molecule has 6 nitrogen and oxygen atoms in total. The number of sulfonamides is 1. The summed E-state index contributed by atoms with van der Waals surface area (Å²) in [4.78, 5) is 10.6. The van der Waals surface area contributed by atoms with Crippen molar-refractivity contribution in [2.45, 2.75) is 37.1 Å². The van der Waals surface area contributed by atoms with Crippen LogP contribution in [0.3, 0.4) is 0 Å². The summed E-state index contributed by atoms with van der Waals surface area (Å²) >= 11 is 0. The highest BCUT2D eigenvalue weighted by atomic mass is 32.2. The van der Waals surface area contributed by atoms with Crippen molar-refractivity contribution in [3.63, 3.8) is 0 Å². The summed E-state index contributed by atoms with van der Waals surface area (Å²) in [6.45, 7) is 1.89. The van der Waals surface area contributed by atoms with E-state index in [0.29, 0.717) is 18.5 Å². The zero-order valence-corrected chi connectivity index (χ0v) is 12.4. The van der Waals surface area contributed by atoms with E-state index in [-0.39, 0.29) is 17.4 Å². The highest BCUT2D eigenvalue weighted by Crippen LogP contribution is 2.22. The van der Waals surface area contributed by atoms with Crippen molar-refractivity contribution in [2.75, 3.05) is 12.4 Å². The van der Waals surface area contributed by atoms with Crippen LogP contribution < -0.4 is 10.0 Å². The Bertz CT molecular complexity index is 557. The summed E-state index contributed by atoms with van der Waals surface area (Å²) in [7, 11) is -2.15. The number of hydrogen-bond donors (Lipinski definition) is 3. The molecule has 1 unspecified atom stereocenters. The van der Waals surface area contributed by atoms with Gasteiger partial charge in [0.2, 0.25) is 10.0 Å². The normalized spacial score (nSPS) is 12.9. The molecule has 1 atom stereocenters. The maximum Gasteiger partial charge on any atom is 0.303 e. The van der Waals surface area contributed by atoms with Crippen LogP contribution in [-0.2, 0) is 14.8 Å². The lowest BCUT2D eigenvalue weighted by Gasteiger charge is -2.17. The van der Waals surface area contributed by atoms with Gasteiger partial charge in [-0.3, -0.25) is 4.79 Å². The lowest BCUT2D eigenvalue weighted by atomic mass is 10.1. The highest BCUT2D eigenvalue weighted by molar-refractivity contribution is 7.89. The number of benzene rings is 1. The molecule has 0 bridgehead atoms. The number of rotatable bonds is 8. The average Bonchev–Trinajstić information content (AvgIpc) is 2.38. The Kier molecular flexibility index (Phi) is 5.97. The second-order valence-corrected chi connectivity index (χ2v) is 6.39. The van der Waals surface area contributed by atoms with Gasteiger partial charge in [0.15, 0.2) is 0 Å². The van der Waals surface area contributed by atoms with E-state index in [1.807, 2.05) is 6.92 Å². The van der Waals surface area contributed by atoms with Crippen LogP contribution in [0.5, 0.6) is 0 Å². The van der Waals surface area contributed by atoms with E-state index in [1.54, 1.807) is 18.2 Å². The van der Waals surface area contributed by atoms with Crippen molar-refractivity contribution in [2.24, 2.45) is 0 Å². The van der Waals surface area contributed by atoms with E-state index in [2.05, 4.69) is 10.0 Å². The number of carboxylic acid groups (broad SMARTS) is 1. The maximum absolute atomic E-state index is 11.9. The summed E-state index contributed by atoms with van der Waals surface area (Å²) in [6.07, 6.45) is 1.31. The second kappa shape index (κ2) is 7.25. The Morgan fingerprint density at radius 2 is 2.00 bits per heavy atom.